The van der Waals surface area contributed by atoms with Crippen molar-refractivity contribution in [1.82, 2.24) is 18.9 Å². The summed E-state index contributed by atoms with van der Waals surface area (Å²) < 4.78 is 10.5. The van der Waals surface area contributed by atoms with Crippen molar-refractivity contribution in [3.63, 3.8) is 0 Å². The Morgan fingerprint density at radius 1 is 0.917 bits per heavy atom. The Balaban J connectivity index is 1.43. The second-order valence-electron chi connectivity index (χ2n) is 8.80. The van der Waals surface area contributed by atoms with Crippen LogP contribution in [0.25, 0.3) is 22.3 Å². The zero-order chi connectivity index (χ0) is 25.6. The van der Waals surface area contributed by atoms with Crippen molar-refractivity contribution in [3.05, 3.63) is 105 Å². The van der Waals surface area contributed by atoms with E-state index in [1.54, 1.807) is 33.0 Å². The predicted octanol–water partition coefficient (Wildman–Crippen LogP) is 4.41. The second-order valence-corrected chi connectivity index (χ2v) is 8.80. The van der Waals surface area contributed by atoms with E-state index in [-0.39, 0.29) is 17.0 Å². The van der Waals surface area contributed by atoms with Gasteiger partial charge in [0.2, 0.25) is 5.78 Å². The summed E-state index contributed by atoms with van der Waals surface area (Å²) in [4.78, 5) is 42.1. The maximum absolute atomic E-state index is 13.5. The first-order valence-electron chi connectivity index (χ1n) is 11.6. The summed E-state index contributed by atoms with van der Waals surface area (Å²) in [5, 5.41) is 0.888. The molecule has 8 nitrogen and oxygen atoms in total. The van der Waals surface area contributed by atoms with E-state index >= 15 is 0 Å². The van der Waals surface area contributed by atoms with Crippen LogP contribution in [0.3, 0.4) is 0 Å². The maximum atomic E-state index is 13.5. The van der Waals surface area contributed by atoms with Gasteiger partial charge in [-0.1, -0.05) is 36.4 Å². The molecule has 0 unspecified atom stereocenters. The number of carbonyl (C=O) groups is 2. The lowest BCUT2D eigenvalue weighted by atomic mass is 10.1. The predicted molar refractivity (Wildman–Crippen MR) is 137 cm³/mol. The molecule has 3 aromatic heterocycles. The molecular weight excluding hydrogens is 456 g/mol. The summed E-state index contributed by atoms with van der Waals surface area (Å²) in [6.45, 7) is 5.11. The molecule has 182 valence electrons. The van der Waals surface area contributed by atoms with E-state index in [9.17, 15) is 14.4 Å². The fourth-order valence-electron chi connectivity index (χ4n) is 4.67. The minimum Gasteiger partial charge on any atom is -0.453 e. The summed E-state index contributed by atoms with van der Waals surface area (Å²) in [6, 6.07) is 20.3. The number of aryl methyl sites for hydroxylation is 1. The molecule has 0 aliphatic heterocycles. The monoisotopic (exact) mass is 482 g/mol. The van der Waals surface area contributed by atoms with Gasteiger partial charge in [-0.05, 0) is 51.1 Å². The molecule has 0 saturated heterocycles. The Kier molecular flexibility index (Phi) is 5.72. The smallest absolute Gasteiger partial charge is 0.355 e. The number of benzene rings is 2. The van der Waals surface area contributed by atoms with Crippen LogP contribution in [-0.4, -0.2) is 37.3 Å². The number of nitrogens with zero attached hydrogens (tertiary/aromatic N) is 3. The number of hydrogen-bond acceptors (Lipinski definition) is 4. The summed E-state index contributed by atoms with van der Waals surface area (Å²) in [5.41, 5.74) is 4.67. The number of nitrogens with one attached hydrogen (secondary N) is 1. The number of aromatic nitrogens is 4. The van der Waals surface area contributed by atoms with E-state index in [1.807, 2.05) is 75.5 Å². The molecule has 0 aliphatic carbocycles. The molecule has 3 heterocycles. The Morgan fingerprint density at radius 3 is 2.33 bits per heavy atom. The van der Waals surface area contributed by atoms with Crippen molar-refractivity contribution in [1.29, 1.82) is 0 Å². The Morgan fingerprint density at radius 2 is 1.61 bits per heavy atom. The van der Waals surface area contributed by atoms with Gasteiger partial charge in [-0.2, -0.15) is 0 Å². The van der Waals surface area contributed by atoms with E-state index in [0.29, 0.717) is 16.9 Å². The number of hydrogen-bond donors (Lipinski definition) is 1. The summed E-state index contributed by atoms with van der Waals surface area (Å²) >= 11 is 0. The number of aromatic amines is 1. The van der Waals surface area contributed by atoms with Gasteiger partial charge in [0, 0.05) is 34.9 Å². The van der Waals surface area contributed by atoms with Gasteiger partial charge in [0.1, 0.15) is 11.4 Å². The summed E-state index contributed by atoms with van der Waals surface area (Å²) in [6.07, 6.45) is 0. The third-order valence-corrected chi connectivity index (χ3v) is 6.56. The van der Waals surface area contributed by atoms with Gasteiger partial charge in [-0.3, -0.25) is 14.3 Å². The van der Waals surface area contributed by atoms with Crippen LogP contribution in [0, 0.1) is 20.8 Å². The first-order valence-corrected chi connectivity index (χ1v) is 11.6. The zero-order valence-corrected chi connectivity index (χ0v) is 20.5. The van der Waals surface area contributed by atoms with Crippen LogP contribution in [0.1, 0.15) is 37.9 Å². The lowest BCUT2D eigenvalue weighted by Crippen LogP contribution is -2.22. The van der Waals surface area contributed by atoms with Crippen molar-refractivity contribution in [3.8, 4) is 11.4 Å². The maximum Gasteiger partial charge on any atom is 0.355 e. The van der Waals surface area contributed by atoms with E-state index in [1.165, 1.54) is 0 Å². The lowest BCUT2D eigenvalue weighted by Gasteiger charge is -2.09. The number of rotatable bonds is 6. The number of Topliss-reactive ketones (excluding diaryl/α,β-unsaturated/α-hetero) is 1. The molecule has 0 atom stereocenters. The molecule has 2 aromatic carbocycles. The van der Waals surface area contributed by atoms with Crippen LogP contribution >= 0.6 is 0 Å². The standard InChI is InChI=1S/C28H26N4O4/c1-17-14-22(25(33)16-36-28(35)24-15-20-10-8-9-13-23(20)29-24)18(2)31(17)26-19(3)30(4)32(27(26)34)21-11-6-5-7-12-21/h5-15,29H,16H2,1-4H3. The third kappa shape index (κ3) is 3.76. The Labute approximate surface area is 207 Å². The highest BCUT2D eigenvalue weighted by Crippen LogP contribution is 2.23. The van der Waals surface area contributed by atoms with Crippen molar-refractivity contribution >= 4 is 22.7 Å². The highest BCUT2D eigenvalue weighted by atomic mass is 16.5. The molecule has 0 radical (unpaired) electrons. The topological polar surface area (TPSA) is 91.0 Å². The van der Waals surface area contributed by atoms with E-state index in [4.69, 9.17) is 4.74 Å². The van der Waals surface area contributed by atoms with E-state index in [0.717, 1.165) is 28.0 Å². The highest BCUT2D eigenvalue weighted by molar-refractivity contribution is 6.01. The molecule has 5 aromatic rings. The van der Waals surface area contributed by atoms with Crippen molar-refractivity contribution in [2.24, 2.45) is 7.05 Å². The number of carbonyl (C=O) groups excluding carboxylic acids is 2. The average Bonchev–Trinajstić information content (AvgIpc) is 3.50. The fourth-order valence-corrected chi connectivity index (χ4v) is 4.67. The Hall–Kier alpha value is -4.59. The van der Waals surface area contributed by atoms with Gasteiger partial charge in [-0.15, -0.1) is 0 Å². The van der Waals surface area contributed by atoms with Gasteiger partial charge in [0.25, 0.3) is 5.56 Å². The summed E-state index contributed by atoms with van der Waals surface area (Å²) in [5.74, 6) is -0.936. The molecule has 36 heavy (non-hydrogen) atoms. The quantitative estimate of drug-likeness (QED) is 0.287. The van der Waals surface area contributed by atoms with Crippen LogP contribution in [0.2, 0.25) is 0 Å². The zero-order valence-electron chi connectivity index (χ0n) is 20.5. The molecule has 0 spiro atoms. The van der Waals surface area contributed by atoms with Gasteiger partial charge >= 0.3 is 5.97 Å². The van der Waals surface area contributed by atoms with Crippen LogP contribution in [0.15, 0.2) is 71.5 Å². The van der Waals surface area contributed by atoms with Crippen molar-refractivity contribution < 1.29 is 14.3 Å². The van der Waals surface area contributed by atoms with Crippen LogP contribution < -0.4 is 5.56 Å². The number of ketones is 1. The SMILES string of the molecule is Cc1cc(C(=O)COC(=O)c2cc3ccccc3[nH]2)c(C)n1-c1c(C)n(C)n(-c2ccccc2)c1=O. The normalized spacial score (nSPS) is 11.2. The molecule has 5 rings (SSSR count). The highest BCUT2D eigenvalue weighted by Gasteiger charge is 2.24. The molecular formula is C28H26N4O4. The average molecular weight is 483 g/mol. The molecule has 0 fully saturated rings. The number of esters is 1. The lowest BCUT2D eigenvalue weighted by molar-refractivity contribution is 0.0469. The van der Waals surface area contributed by atoms with Crippen LogP contribution in [-0.2, 0) is 11.8 Å². The molecule has 0 aliphatic rings. The van der Waals surface area contributed by atoms with Gasteiger partial charge in [0.05, 0.1) is 11.4 Å². The molecule has 0 saturated carbocycles. The van der Waals surface area contributed by atoms with Gasteiger partial charge in [0.15, 0.2) is 6.61 Å². The van der Waals surface area contributed by atoms with Gasteiger partial charge < -0.3 is 14.3 Å². The Bertz CT molecular complexity index is 1650. The van der Waals surface area contributed by atoms with Crippen LogP contribution in [0.4, 0.5) is 0 Å². The third-order valence-electron chi connectivity index (χ3n) is 6.56. The second kappa shape index (κ2) is 8.88. The first kappa shape index (κ1) is 23.2. The molecule has 0 bridgehead atoms. The van der Waals surface area contributed by atoms with Crippen molar-refractivity contribution in [2.75, 3.05) is 6.61 Å². The number of H-pyrrole nitrogens is 1. The van der Waals surface area contributed by atoms with E-state index < -0.39 is 12.6 Å². The van der Waals surface area contributed by atoms with Crippen molar-refractivity contribution in [2.45, 2.75) is 20.8 Å². The summed E-state index contributed by atoms with van der Waals surface area (Å²) in [7, 11) is 1.83. The van der Waals surface area contributed by atoms with E-state index in [2.05, 4.69) is 4.98 Å². The minimum absolute atomic E-state index is 0.188. The van der Waals surface area contributed by atoms with Crippen LogP contribution in [0.5, 0.6) is 0 Å². The molecule has 8 heteroatoms. The fraction of sp³-hybridized carbons (Fsp3) is 0.179. The molecule has 1 N–H and O–H groups in total. The minimum atomic E-state index is -0.599. The van der Waals surface area contributed by atoms with Gasteiger partial charge in [-0.25, -0.2) is 9.48 Å². The molecule has 0 amide bonds. The number of para-hydroxylation sites is 2. The first-order chi connectivity index (χ1) is 17.3. The number of ether oxygens (including phenoxy) is 1. The largest absolute Gasteiger partial charge is 0.453 e. The number of fused-ring (bicyclic) bond motifs is 1.